The molecule has 0 spiro atoms. The molecule has 1 amide bonds. The van der Waals surface area contributed by atoms with Gasteiger partial charge in [-0.1, -0.05) is 30.3 Å². The van der Waals surface area contributed by atoms with Crippen LogP contribution in [-0.2, 0) is 4.79 Å². The molecule has 0 fully saturated rings. The van der Waals surface area contributed by atoms with Gasteiger partial charge in [0, 0.05) is 41.9 Å². The lowest BCUT2D eigenvalue weighted by atomic mass is 10.0. The minimum absolute atomic E-state index is 0.0638. The van der Waals surface area contributed by atoms with Gasteiger partial charge in [0.1, 0.15) is 11.2 Å². The Morgan fingerprint density at radius 1 is 1.03 bits per heavy atom. The van der Waals surface area contributed by atoms with Crippen molar-refractivity contribution < 1.29 is 19.5 Å². The molecular weight excluding hydrogens is 434 g/mol. The van der Waals surface area contributed by atoms with E-state index in [0.717, 1.165) is 10.8 Å². The summed E-state index contributed by atoms with van der Waals surface area (Å²) in [4.78, 5) is 52.4. The second-order valence-corrected chi connectivity index (χ2v) is 7.99. The molecule has 4 aromatic rings. The minimum atomic E-state index is -0.927. The van der Waals surface area contributed by atoms with Crippen molar-refractivity contribution in [2.24, 2.45) is 4.99 Å². The van der Waals surface area contributed by atoms with E-state index >= 15 is 0 Å². The first-order valence-corrected chi connectivity index (χ1v) is 10.6. The fourth-order valence-corrected chi connectivity index (χ4v) is 3.92. The van der Waals surface area contributed by atoms with Gasteiger partial charge in [-0.3, -0.25) is 29.7 Å². The van der Waals surface area contributed by atoms with E-state index in [1.165, 1.54) is 6.20 Å². The van der Waals surface area contributed by atoms with Crippen molar-refractivity contribution in [2.45, 2.75) is 19.3 Å². The number of carbonyl (C=O) groups is 3. The van der Waals surface area contributed by atoms with E-state index in [0.29, 0.717) is 34.3 Å². The standard InChI is InChI=1S/C25H19N5O4/c31-21(11-17-8-14(12-26-17)9-22(32)33)18-6-3-7-19-23(18)29-25(28-19)30-24(34)20-10-15-4-1-2-5-16(15)13-27-20/h1-7,10,12-13H,8-9,11H2,(H,32,33)(H2,28,29,30,34). The molecular formula is C25H19N5O4. The number of aromatic nitrogens is 3. The summed E-state index contributed by atoms with van der Waals surface area (Å²) in [6, 6.07) is 14.5. The number of hydrogen-bond donors (Lipinski definition) is 3. The molecule has 34 heavy (non-hydrogen) atoms. The fourth-order valence-electron chi connectivity index (χ4n) is 3.92. The minimum Gasteiger partial charge on any atom is -0.481 e. The number of rotatable bonds is 7. The van der Waals surface area contributed by atoms with E-state index < -0.39 is 11.9 Å². The summed E-state index contributed by atoms with van der Waals surface area (Å²) in [5.74, 6) is -1.33. The molecule has 0 aliphatic carbocycles. The first-order valence-electron chi connectivity index (χ1n) is 10.6. The number of hydrogen-bond acceptors (Lipinski definition) is 6. The van der Waals surface area contributed by atoms with Crippen LogP contribution < -0.4 is 5.32 Å². The molecule has 9 nitrogen and oxygen atoms in total. The zero-order valence-corrected chi connectivity index (χ0v) is 17.9. The molecule has 3 heterocycles. The molecule has 5 rings (SSSR count). The van der Waals surface area contributed by atoms with Crippen molar-refractivity contribution in [3.8, 4) is 0 Å². The fraction of sp³-hybridized carbons (Fsp3) is 0.120. The van der Waals surface area contributed by atoms with Gasteiger partial charge < -0.3 is 10.1 Å². The summed E-state index contributed by atoms with van der Waals surface area (Å²) in [5.41, 5.74) is 2.97. The van der Waals surface area contributed by atoms with Crippen LogP contribution in [0.1, 0.15) is 40.1 Å². The Morgan fingerprint density at radius 2 is 1.85 bits per heavy atom. The number of anilines is 1. The molecule has 9 heteroatoms. The van der Waals surface area contributed by atoms with Crippen molar-refractivity contribution in [2.75, 3.05) is 5.32 Å². The van der Waals surface area contributed by atoms with Crippen LogP contribution in [0.2, 0.25) is 0 Å². The van der Waals surface area contributed by atoms with Crippen molar-refractivity contribution >= 4 is 51.1 Å². The first-order chi connectivity index (χ1) is 16.5. The highest BCUT2D eigenvalue weighted by Crippen LogP contribution is 2.23. The van der Waals surface area contributed by atoms with Gasteiger partial charge in [-0.2, -0.15) is 0 Å². The van der Waals surface area contributed by atoms with E-state index in [4.69, 9.17) is 5.11 Å². The van der Waals surface area contributed by atoms with Gasteiger partial charge in [-0.15, -0.1) is 0 Å². The molecule has 2 aromatic carbocycles. The number of fused-ring (bicyclic) bond motifs is 2. The summed E-state index contributed by atoms with van der Waals surface area (Å²) < 4.78 is 0. The van der Waals surface area contributed by atoms with Crippen LogP contribution in [0.15, 0.2) is 71.5 Å². The predicted octanol–water partition coefficient (Wildman–Crippen LogP) is 4.14. The molecule has 1 aliphatic heterocycles. The van der Waals surface area contributed by atoms with Crippen molar-refractivity contribution in [1.29, 1.82) is 0 Å². The van der Waals surface area contributed by atoms with E-state index in [2.05, 4.69) is 25.3 Å². The third-order valence-electron chi connectivity index (χ3n) is 5.51. The van der Waals surface area contributed by atoms with Crippen LogP contribution >= 0.6 is 0 Å². The number of Topliss-reactive ketones (excluding diaryl/α,β-unsaturated/α-hetero) is 1. The summed E-state index contributed by atoms with van der Waals surface area (Å²) in [7, 11) is 0. The SMILES string of the molecule is O=C(O)CC1=CN=C(CC(=O)c2cccc3[nH]c(NC(=O)c4cc5ccccc5cn4)nc23)C1. The lowest BCUT2D eigenvalue weighted by molar-refractivity contribution is -0.136. The Balaban J connectivity index is 1.32. The van der Waals surface area contributed by atoms with Gasteiger partial charge in [0.25, 0.3) is 5.91 Å². The molecule has 0 unspecified atom stereocenters. The maximum absolute atomic E-state index is 12.9. The van der Waals surface area contributed by atoms with Crippen molar-refractivity contribution in [3.05, 3.63) is 77.8 Å². The molecule has 0 radical (unpaired) electrons. The number of pyridine rings is 1. The average Bonchev–Trinajstić information content (AvgIpc) is 3.43. The maximum atomic E-state index is 12.9. The number of benzene rings is 2. The van der Waals surface area contributed by atoms with Gasteiger partial charge in [0.2, 0.25) is 5.95 Å². The van der Waals surface area contributed by atoms with Crippen molar-refractivity contribution in [3.63, 3.8) is 0 Å². The number of nitrogens with one attached hydrogen (secondary N) is 2. The maximum Gasteiger partial charge on any atom is 0.307 e. The monoisotopic (exact) mass is 453 g/mol. The van der Waals surface area contributed by atoms with Crippen LogP contribution in [0, 0.1) is 0 Å². The number of carbonyl (C=O) groups excluding carboxylic acids is 2. The quantitative estimate of drug-likeness (QED) is 0.360. The number of ketones is 1. The molecule has 0 saturated heterocycles. The van der Waals surface area contributed by atoms with Gasteiger partial charge in [-0.25, -0.2) is 4.98 Å². The zero-order valence-electron chi connectivity index (χ0n) is 17.9. The third kappa shape index (κ3) is 4.31. The summed E-state index contributed by atoms with van der Waals surface area (Å²) >= 11 is 0. The highest BCUT2D eigenvalue weighted by Gasteiger charge is 2.20. The predicted molar refractivity (Wildman–Crippen MR) is 127 cm³/mol. The van der Waals surface area contributed by atoms with E-state index in [1.807, 2.05) is 24.3 Å². The highest BCUT2D eigenvalue weighted by molar-refractivity contribution is 6.15. The van der Waals surface area contributed by atoms with Crippen LogP contribution in [0.25, 0.3) is 21.8 Å². The van der Waals surface area contributed by atoms with Crippen LogP contribution in [0.5, 0.6) is 0 Å². The Kier molecular flexibility index (Phi) is 5.43. The van der Waals surface area contributed by atoms with Crippen LogP contribution in [0.4, 0.5) is 5.95 Å². The summed E-state index contributed by atoms with van der Waals surface area (Å²) in [6.45, 7) is 0. The van der Waals surface area contributed by atoms with Crippen LogP contribution in [0.3, 0.4) is 0 Å². The number of nitrogens with zero attached hydrogens (tertiary/aromatic N) is 3. The Labute approximate surface area is 193 Å². The molecule has 0 bridgehead atoms. The molecule has 0 saturated carbocycles. The van der Waals surface area contributed by atoms with Gasteiger partial charge >= 0.3 is 5.97 Å². The van der Waals surface area contributed by atoms with Gasteiger partial charge in [0.05, 0.1) is 11.9 Å². The number of carboxylic acid groups (broad SMARTS) is 1. The Bertz CT molecular complexity index is 1530. The summed E-state index contributed by atoms with van der Waals surface area (Å²) in [5, 5.41) is 13.5. The molecule has 168 valence electrons. The number of para-hydroxylation sites is 1. The largest absolute Gasteiger partial charge is 0.481 e. The number of aliphatic carboxylic acids is 1. The van der Waals surface area contributed by atoms with Crippen molar-refractivity contribution in [1.82, 2.24) is 15.0 Å². The third-order valence-corrected chi connectivity index (χ3v) is 5.51. The van der Waals surface area contributed by atoms with E-state index in [9.17, 15) is 14.4 Å². The summed E-state index contributed by atoms with van der Waals surface area (Å²) in [6.07, 6.45) is 3.50. The zero-order chi connectivity index (χ0) is 23.7. The number of aromatic amines is 1. The number of amides is 1. The highest BCUT2D eigenvalue weighted by atomic mass is 16.4. The first kappa shape index (κ1) is 21.2. The van der Waals surface area contributed by atoms with E-state index in [1.54, 1.807) is 30.5 Å². The number of carboxylic acids is 1. The normalized spacial score (nSPS) is 13.1. The van der Waals surface area contributed by atoms with Gasteiger partial charge in [-0.05, 0) is 29.2 Å². The number of imidazole rings is 1. The molecule has 2 aromatic heterocycles. The smallest absolute Gasteiger partial charge is 0.307 e. The second-order valence-electron chi connectivity index (χ2n) is 7.99. The molecule has 0 atom stereocenters. The number of aliphatic imine (C=N–C) groups is 1. The lowest BCUT2D eigenvalue weighted by Gasteiger charge is -2.03. The van der Waals surface area contributed by atoms with E-state index in [-0.39, 0.29) is 30.3 Å². The topological polar surface area (TPSA) is 137 Å². The lowest BCUT2D eigenvalue weighted by Crippen LogP contribution is -2.14. The average molecular weight is 453 g/mol. The van der Waals surface area contributed by atoms with Crippen LogP contribution in [-0.4, -0.2) is 43.4 Å². The van der Waals surface area contributed by atoms with Gasteiger partial charge in [0.15, 0.2) is 5.78 Å². The second kappa shape index (κ2) is 8.70. The Morgan fingerprint density at radius 3 is 2.68 bits per heavy atom. The number of H-pyrrole nitrogens is 1. The Hall–Kier alpha value is -4.66. The molecule has 1 aliphatic rings. The molecule has 3 N–H and O–H groups in total.